The number of benzene rings is 1. The average Bonchev–Trinajstić information content (AvgIpc) is 3.01. The van der Waals surface area contributed by atoms with Gasteiger partial charge in [-0.1, -0.05) is 11.2 Å². The Hall–Kier alpha value is -1.59. The van der Waals surface area contributed by atoms with E-state index in [1.165, 1.54) is 17.5 Å². The number of hydrogen-bond donors (Lipinski definition) is 1. The number of halogens is 1. The molecule has 0 aliphatic heterocycles. The number of hydrogen-bond acceptors (Lipinski definition) is 5. The van der Waals surface area contributed by atoms with Gasteiger partial charge in [0, 0.05) is 6.42 Å². The second kappa shape index (κ2) is 6.73. The van der Waals surface area contributed by atoms with Gasteiger partial charge in [-0.3, -0.25) is 0 Å². The van der Waals surface area contributed by atoms with Crippen LogP contribution in [0.3, 0.4) is 0 Å². The molecule has 1 unspecified atom stereocenters. The Kier molecular flexibility index (Phi) is 4.83. The maximum atomic E-state index is 6.28. The minimum atomic E-state index is -0.348. The molecule has 0 radical (unpaired) electrons. The van der Waals surface area contributed by atoms with E-state index in [1.54, 1.807) is 7.11 Å². The molecule has 6 heteroatoms. The van der Waals surface area contributed by atoms with Gasteiger partial charge in [0.15, 0.2) is 5.82 Å². The summed E-state index contributed by atoms with van der Waals surface area (Å²) in [5, 5.41) is 4.13. The predicted molar refractivity (Wildman–Crippen MR) is 93.6 cm³/mol. The highest BCUT2D eigenvalue weighted by molar-refractivity contribution is 5.85. The van der Waals surface area contributed by atoms with Gasteiger partial charge in [0.2, 0.25) is 5.89 Å². The third kappa shape index (κ3) is 3.03. The molecule has 1 aromatic carbocycles. The summed E-state index contributed by atoms with van der Waals surface area (Å²) < 4.78 is 10.8. The molecule has 24 heavy (non-hydrogen) atoms. The molecule has 4 rings (SSSR count). The fourth-order valence-corrected chi connectivity index (χ4v) is 3.76. The Morgan fingerprint density at radius 3 is 2.88 bits per heavy atom. The molecule has 1 saturated carbocycles. The normalized spacial score (nSPS) is 21.3. The van der Waals surface area contributed by atoms with Crippen molar-refractivity contribution in [1.82, 2.24) is 10.1 Å². The van der Waals surface area contributed by atoms with Crippen LogP contribution < -0.4 is 10.5 Å². The number of fused-ring (bicyclic) bond motifs is 1. The Morgan fingerprint density at radius 1 is 1.33 bits per heavy atom. The maximum absolute atomic E-state index is 6.28. The summed E-state index contributed by atoms with van der Waals surface area (Å²) in [6.45, 7) is 0. The molecule has 1 aromatic heterocycles. The standard InChI is InChI=1S/C18H23N3O2.ClH/c1-22-14-6-7-15-12(10-14)4-2-5-13(15)11-16-20-17(21-23-16)18(19)8-3-9-18;/h6-7,10,13H,2-5,8-9,11,19H2,1H3;1H. The number of rotatable bonds is 4. The van der Waals surface area contributed by atoms with E-state index in [2.05, 4.69) is 22.3 Å². The van der Waals surface area contributed by atoms with Crippen molar-refractivity contribution in [2.75, 3.05) is 7.11 Å². The molecule has 5 nitrogen and oxygen atoms in total. The van der Waals surface area contributed by atoms with Crippen LogP contribution >= 0.6 is 12.4 Å². The van der Waals surface area contributed by atoms with E-state index in [-0.39, 0.29) is 17.9 Å². The van der Waals surface area contributed by atoms with Crippen molar-refractivity contribution in [3.05, 3.63) is 41.0 Å². The molecular formula is C18H24ClN3O2. The Balaban J connectivity index is 0.00000169. The molecule has 0 bridgehead atoms. The zero-order valence-corrected chi connectivity index (χ0v) is 14.8. The van der Waals surface area contributed by atoms with E-state index in [0.29, 0.717) is 17.6 Å². The summed E-state index contributed by atoms with van der Waals surface area (Å²) in [6, 6.07) is 6.38. The largest absolute Gasteiger partial charge is 0.497 e. The molecule has 1 fully saturated rings. The van der Waals surface area contributed by atoms with Crippen LogP contribution in [0, 0.1) is 0 Å². The van der Waals surface area contributed by atoms with Crippen molar-refractivity contribution >= 4 is 12.4 Å². The first-order valence-corrected chi connectivity index (χ1v) is 8.47. The lowest BCUT2D eigenvalue weighted by Gasteiger charge is -2.34. The third-order valence-corrected chi connectivity index (χ3v) is 5.37. The number of nitrogens with two attached hydrogens (primary N) is 1. The number of aryl methyl sites for hydroxylation is 1. The summed E-state index contributed by atoms with van der Waals surface area (Å²) in [5.74, 6) is 2.77. The second-order valence-corrected chi connectivity index (χ2v) is 6.88. The highest BCUT2D eigenvalue weighted by Gasteiger charge is 2.39. The van der Waals surface area contributed by atoms with Crippen molar-refractivity contribution in [3.8, 4) is 5.75 Å². The highest BCUT2D eigenvalue weighted by Crippen LogP contribution is 2.38. The SMILES string of the molecule is COc1ccc2c(c1)CCCC2Cc1nc(C2(N)CCC2)no1.Cl. The summed E-state index contributed by atoms with van der Waals surface area (Å²) >= 11 is 0. The van der Waals surface area contributed by atoms with Crippen LogP contribution in [-0.2, 0) is 18.4 Å². The van der Waals surface area contributed by atoms with Crippen molar-refractivity contribution in [3.63, 3.8) is 0 Å². The van der Waals surface area contributed by atoms with Crippen LogP contribution in [0.15, 0.2) is 22.7 Å². The topological polar surface area (TPSA) is 74.2 Å². The first-order valence-electron chi connectivity index (χ1n) is 8.47. The molecule has 0 amide bonds. The fraction of sp³-hybridized carbons (Fsp3) is 0.556. The quantitative estimate of drug-likeness (QED) is 0.914. The molecular weight excluding hydrogens is 326 g/mol. The van der Waals surface area contributed by atoms with Gasteiger partial charge in [0.05, 0.1) is 12.6 Å². The van der Waals surface area contributed by atoms with Crippen molar-refractivity contribution in [2.45, 2.75) is 56.4 Å². The zero-order chi connectivity index (χ0) is 15.9. The van der Waals surface area contributed by atoms with Gasteiger partial charge in [-0.15, -0.1) is 12.4 Å². The molecule has 130 valence electrons. The molecule has 1 atom stereocenters. The lowest BCUT2D eigenvalue weighted by atomic mass is 9.77. The lowest BCUT2D eigenvalue weighted by Crippen LogP contribution is -2.44. The molecule has 2 N–H and O–H groups in total. The summed E-state index contributed by atoms with van der Waals surface area (Å²) in [5.41, 5.74) is 8.71. The maximum Gasteiger partial charge on any atom is 0.227 e. The predicted octanol–water partition coefficient (Wildman–Crippen LogP) is 3.50. The molecule has 1 heterocycles. The van der Waals surface area contributed by atoms with Crippen molar-refractivity contribution < 1.29 is 9.26 Å². The average molecular weight is 350 g/mol. The fourth-order valence-electron chi connectivity index (χ4n) is 3.76. The second-order valence-electron chi connectivity index (χ2n) is 6.88. The third-order valence-electron chi connectivity index (χ3n) is 5.37. The Bertz CT molecular complexity index is 712. The summed E-state index contributed by atoms with van der Waals surface area (Å²) in [6.07, 6.45) is 7.32. The van der Waals surface area contributed by atoms with Gasteiger partial charge in [-0.2, -0.15) is 4.98 Å². The molecule has 0 spiro atoms. The van der Waals surface area contributed by atoms with Gasteiger partial charge in [0.25, 0.3) is 0 Å². The van der Waals surface area contributed by atoms with E-state index < -0.39 is 0 Å². The summed E-state index contributed by atoms with van der Waals surface area (Å²) in [7, 11) is 1.71. The van der Waals surface area contributed by atoms with Crippen LogP contribution in [0.25, 0.3) is 0 Å². The first-order chi connectivity index (χ1) is 11.2. The number of aromatic nitrogens is 2. The smallest absolute Gasteiger partial charge is 0.227 e. The van der Waals surface area contributed by atoms with Gasteiger partial charge < -0.3 is 15.0 Å². The van der Waals surface area contributed by atoms with Crippen LogP contribution in [0.4, 0.5) is 0 Å². The number of methoxy groups -OCH3 is 1. The minimum Gasteiger partial charge on any atom is -0.497 e. The molecule has 0 saturated heterocycles. The van der Waals surface area contributed by atoms with Gasteiger partial charge in [0.1, 0.15) is 5.75 Å². The van der Waals surface area contributed by atoms with Crippen LogP contribution in [0.1, 0.15) is 60.9 Å². The first kappa shape index (κ1) is 17.2. The van der Waals surface area contributed by atoms with E-state index >= 15 is 0 Å². The van der Waals surface area contributed by atoms with E-state index in [1.807, 2.05) is 6.07 Å². The Morgan fingerprint density at radius 2 is 2.17 bits per heavy atom. The van der Waals surface area contributed by atoms with Gasteiger partial charge in [-0.25, -0.2) is 0 Å². The highest BCUT2D eigenvalue weighted by atomic mass is 35.5. The minimum absolute atomic E-state index is 0. The van der Waals surface area contributed by atoms with Gasteiger partial charge in [-0.05, 0) is 67.7 Å². The van der Waals surface area contributed by atoms with Crippen LogP contribution in [0.2, 0.25) is 0 Å². The van der Waals surface area contributed by atoms with Crippen LogP contribution in [-0.4, -0.2) is 17.3 Å². The van der Waals surface area contributed by atoms with Crippen LogP contribution in [0.5, 0.6) is 5.75 Å². The number of nitrogens with zero attached hydrogens (tertiary/aromatic N) is 2. The lowest BCUT2D eigenvalue weighted by molar-refractivity contribution is 0.228. The molecule has 2 aliphatic rings. The Labute approximate surface area is 148 Å². The zero-order valence-electron chi connectivity index (χ0n) is 14.0. The summed E-state index contributed by atoms with van der Waals surface area (Å²) in [4.78, 5) is 4.58. The van der Waals surface area contributed by atoms with E-state index in [9.17, 15) is 0 Å². The van der Waals surface area contributed by atoms with Crippen molar-refractivity contribution in [2.24, 2.45) is 5.73 Å². The van der Waals surface area contributed by atoms with E-state index in [0.717, 1.165) is 44.3 Å². The van der Waals surface area contributed by atoms with Gasteiger partial charge >= 0.3 is 0 Å². The monoisotopic (exact) mass is 349 g/mol. The van der Waals surface area contributed by atoms with E-state index in [4.69, 9.17) is 15.0 Å². The van der Waals surface area contributed by atoms with Crippen molar-refractivity contribution in [1.29, 1.82) is 0 Å². The molecule has 2 aromatic rings. The number of ether oxygens (including phenoxy) is 1. The molecule has 2 aliphatic carbocycles.